The Hall–Kier alpha value is -3.72. The number of hydrogen-bond acceptors (Lipinski definition) is 7. The van der Waals surface area contributed by atoms with Crippen molar-refractivity contribution in [3.63, 3.8) is 0 Å². The Balaban J connectivity index is 1.45. The number of hydrogen-bond donors (Lipinski definition) is 0. The summed E-state index contributed by atoms with van der Waals surface area (Å²) in [5.74, 6) is -2.37. The van der Waals surface area contributed by atoms with E-state index in [1.165, 1.54) is 24.1 Å². The normalized spacial score (nSPS) is 20.0. The highest BCUT2D eigenvalue weighted by Crippen LogP contribution is 2.26. The number of carbonyl (C=O) groups is 4. The molecule has 0 radical (unpaired) electrons. The highest BCUT2D eigenvalue weighted by molar-refractivity contribution is 6.20. The lowest BCUT2D eigenvalue weighted by molar-refractivity contribution is -0.173. The fourth-order valence-corrected chi connectivity index (χ4v) is 3.60. The van der Waals surface area contributed by atoms with Gasteiger partial charge >= 0.3 is 12.1 Å². The van der Waals surface area contributed by atoms with E-state index >= 15 is 0 Å². The van der Waals surface area contributed by atoms with Crippen LogP contribution in [0.2, 0.25) is 0 Å². The molecule has 0 unspecified atom stereocenters. The van der Waals surface area contributed by atoms with Gasteiger partial charge in [-0.2, -0.15) is 0 Å². The van der Waals surface area contributed by atoms with Gasteiger partial charge in [-0.25, -0.2) is 9.59 Å². The average Bonchev–Trinajstić information content (AvgIpc) is 3.34. The van der Waals surface area contributed by atoms with Crippen LogP contribution in [0.4, 0.5) is 4.79 Å². The molecular weight excluding hydrogens is 404 g/mol. The molecule has 0 aliphatic carbocycles. The fraction of sp³-hybridized carbons (Fsp3) is 0.273. The van der Waals surface area contributed by atoms with Gasteiger partial charge in [-0.05, 0) is 17.7 Å². The van der Waals surface area contributed by atoms with Gasteiger partial charge in [-0.15, -0.1) is 0 Å². The summed E-state index contributed by atoms with van der Waals surface area (Å²) in [7, 11) is 1.47. The number of fused-ring (bicyclic) bond motifs is 1. The van der Waals surface area contributed by atoms with Crippen LogP contribution in [-0.4, -0.2) is 59.6 Å². The second kappa shape index (κ2) is 8.57. The quantitative estimate of drug-likeness (QED) is 0.678. The van der Waals surface area contributed by atoms with Crippen LogP contribution >= 0.6 is 0 Å². The lowest BCUT2D eigenvalue weighted by Gasteiger charge is -2.23. The molecule has 2 aromatic carbocycles. The van der Waals surface area contributed by atoms with Crippen LogP contribution in [0.1, 0.15) is 32.7 Å². The van der Waals surface area contributed by atoms with Crippen molar-refractivity contribution < 1.29 is 33.5 Å². The highest BCUT2D eigenvalue weighted by Gasteiger charge is 2.45. The van der Waals surface area contributed by atoms with Crippen LogP contribution in [0, 0.1) is 0 Å². The summed E-state index contributed by atoms with van der Waals surface area (Å²) < 4.78 is 10.6. The summed E-state index contributed by atoms with van der Waals surface area (Å²) in [4.78, 5) is 56.7. The predicted octanol–water partition coefficient (Wildman–Crippen LogP) is 2.17. The molecule has 0 saturated carbocycles. The minimum Gasteiger partial charge on any atom is -0.445 e. The highest BCUT2D eigenvalue weighted by atomic mass is 16.7. The Morgan fingerprint density at radius 3 is 2.19 bits per heavy atom. The van der Waals surface area contributed by atoms with Crippen molar-refractivity contribution in [3.8, 4) is 0 Å². The molecule has 0 bridgehead atoms. The number of likely N-dealkylation sites (tertiary alicyclic amines) is 1. The Morgan fingerprint density at radius 1 is 0.968 bits per heavy atom. The second-order valence-corrected chi connectivity index (χ2v) is 7.16. The zero-order valence-electron chi connectivity index (χ0n) is 16.7. The van der Waals surface area contributed by atoms with Crippen molar-refractivity contribution in [2.45, 2.75) is 25.2 Å². The molecule has 0 N–H and O–H groups in total. The average molecular weight is 424 g/mol. The molecule has 31 heavy (non-hydrogen) atoms. The SMILES string of the molecule is CO[C@@H]1C[C@H](C(=O)ON2C(=O)c3ccccc3C2=O)N(C(=O)OCc2ccccc2)C1. The molecule has 0 spiro atoms. The van der Waals surface area contributed by atoms with Crippen LogP contribution in [0.5, 0.6) is 0 Å². The maximum Gasteiger partial charge on any atom is 0.410 e. The van der Waals surface area contributed by atoms with Crippen molar-refractivity contribution in [3.05, 3.63) is 71.3 Å². The Kier molecular flexibility index (Phi) is 5.68. The Labute approximate surface area is 178 Å². The van der Waals surface area contributed by atoms with Crippen molar-refractivity contribution in [2.75, 3.05) is 13.7 Å². The number of carbonyl (C=O) groups excluding carboxylic acids is 4. The lowest BCUT2D eigenvalue weighted by Crippen LogP contribution is -2.45. The molecule has 4 rings (SSSR count). The maximum absolute atomic E-state index is 12.8. The molecule has 2 aliphatic heterocycles. The first-order chi connectivity index (χ1) is 15.0. The van der Waals surface area contributed by atoms with E-state index in [0.717, 1.165) is 5.56 Å². The van der Waals surface area contributed by atoms with E-state index in [-0.39, 0.29) is 30.7 Å². The molecule has 2 atom stereocenters. The minimum atomic E-state index is -1.06. The molecule has 0 aromatic heterocycles. The smallest absolute Gasteiger partial charge is 0.410 e. The molecule has 2 aromatic rings. The van der Waals surface area contributed by atoms with Gasteiger partial charge in [0.15, 0.2) is 0 Å². The summed E-state index contributed by atoms with van der Waals surface area (Å²) in [6.07, 6.45) is -0.976. The molecule has 1 saturated heterocycles. The van der Waals surface area contributed by atoms with Gasteiger partial charge in [-0.1, -0.05) is 47.5 Å². The van der Waals surface area contributed by atoms with Crippen molar-refractivity contribution in [1.82, 2.24) is 9.96 Å². The van der Waals surface area contributed by atoms with Gasteiger partial charge in [0.1, 0.15) is 12.6 Å². The number of hydroxylamine groups is 2. The van der Waals surface area contributed by atoms with Gasteiger partial charge in [0.05, 0.1) is 23.8 Å². The molecule has 9 nitrogen and oxygen atoms in total. The van der Waals surface area contributed by atoms with Crippen molar-refractivity contribution >= 4 is 23.9 Å². The van der Waals surface area contributed by atoms with E-state index in [2.05, 4.69) is 0 Å². The minimum absolute atomic E-state index is 0.0357. The van der Waals surface area contributed by atoms with E-state index in [1.54, 1.807) is 12.1 Å². The standard InChI is InChI=1S/C22H20N2O7/c1-29-15-11-18(23(12-15)22(28)30-13-14-7-3-2-4-8-14)21(27)31-24-19(25)16-9-5-6-10-17(16)20(24)26/h2-10,15,18H,11-13H2,1H3/t15-,18-/m1/s1. The van der Waals surface area contributed by atoms with Crippen molar-refractivity contribution in [2.24, 2.45) is 0 Å². The Bertz CT molecular complexity index is 989. The molecule has 160 valence electrons. The lowest BCUT2D eigenvalue weighted by atomic mass is 10.1. The van der Waals surface area contributed by atoms with E-state index in [4.69, 9.17) is 14.3 Å². The van der Waals surface area contributed by atoms with E-state index in [0.29, 0.717) is 5.06 Å². The van der Waals surface area contributed by atoms with Crippen LogP contribution < -0.4 is 0 Å². The maximum atomic E-state index is 12.8. The number of imide groups is 1. The predicted molar refractivity (Wildman–Crippen MR) is 106 cm³/mol. The fourth-order valence-electron chi connectivity index (χ4n) is 3.60. The molecule has 2 aliphatic rings. The van der Waals surface area contributed by atoms with Crippen LogP contribution in [0.15, 0.2) is 54.6 Å². The summed E-state index contributed by atoms with van der Waals surface area (Å²) in [5, 5.41) is 0.431. The zero-order chi connectivity index (χ0) is 22.0. The molecule has 9 heteroatoms. The third kappa shape index (κ3) is 3.99. The van der Waals surface area contributed by atoms with Gasteiger partial charge in [-0.3, -0.25) is 14.5 Å². The van der Waals surface area contributed by atoms with E-state index in [1.807, 2.05) is 30.3 Å². The third-order valence-corrected chi connectivity index (χ3v) is 5.25. The number of ether oxygens (including phenoxy) is 2. The Morgan fingerprint density at radius 2 is 1.58 bits per heavy atom. The summed E-state index contributed by atoms with van der Waals surface area (Å²) in [6, 6.07) is 14.2. The van der Waals surface area contributed by atoms with E-state index in [9.17, 15) is 19.2 Å². The first-order valence-electron chi connectivity index (χ1n) is 9.69. The molecule has 2 heterocycles. The largest absolute Gasteiger partial charge is 0.445 e. The van der Waals surface area contributed by atoms with E-state index < -0.39 is 36.0 Å². The number of rotatable bonds is 5. The monoisotopic (exact) mass is 424 g/mol. The molecule has 3 amide bonds. The van der Waals surface area contributed by atoms with Crippen LogP contribution in [0.25, 0.3) is 0 Å². The molecule has 1 fully saturated rings. The number of nitrogens with zero attached hydrogens (tertiary/aromatic N) is 2. The van der Waals surface area contributed by atoms with Crippen LogP contribution in [-0.2, 0) is 25.7 Å². The summed E-state index contributed by atoms with van der Waals surface area (Å²) in [6.45, 7) is 0.153. The summed E-state index contributed by atoms with van der Waals surface area (Å²) >= 11 is 0. The first kappa shape index (κ1) is 20.5. The van der Waals surface area contributed by atoms with Gasteiger partial charge in [0, 0.05) is 13.5 Å². The number of benzene rings is 2. The van der Waals surface area contributed by atoms with Gasteiger partial charge in [0.25, 0.3) is 11.8 Å². The van der Waals surface area contributed by atoms with Gasteiger partial charge in [0.2, 0.25) is 0 Å². The summed E-state index contributed by atoms with van der Waals surface area (Å²) in [5.41, 5.74) is 1.10. The third-order valence-electron chi connectivity index (χ3n) is 5.25. The topological polar surface area (TPSA) is 102 Å². The zero-order valence-corrected chi connectivity index (χ0v) is 16.7. The second-order valence-electron chi connectivity index (χ2n) is 7.16. The van der Waals surface area contributed by atoms with Crippen LogP contribution in [0.3, 0.4) is 0 Å². The van der Waals surface area contributed by atoms with Crippen molar-refractivity contribution in [1.29, 1.82) is 0 Å². The molecular formula is C22H20N2O7. The number of amides is 3. The first-order valence-corrected chi connectivity index (χ1v) is 9.69. The van der Waals surface area contributed by atoms with Gasteiger partial charge < -0.3 is 14.3 Å². The number of methoxy groups -OCH3 is 1.